The van der Waals surface area contributed by atoms with Gasteiger partial charge >= 0.3 is 5.97 Å². The number of rotatable bonds is 6. The number of hydrogen-bond acceptors (Lipinski definition) is 5. The van der Waals surface area contributed by atoms with Gasteiger partial charge in [0.2, 0.25) is 0 Å². The van der Waals surface area contributed by atoms with Crippen LogP contribution in [0.3, 0.4) is 0 Å². The van der Waals surface area contributed by atoms with Gasteiger partial charge in [-0.15, -0.1) is 0 Å². The second-order valence-corrected chi connectivity index (χ2v) is 6.07. The Morgan fingerprint density at radius 1 is 1.11 bits per heavy atom. The molecule has 27 heavy (non-hydrogen) atoms. The van der Waals surface area contributed by atoms with Crippen molar-refractivity contribution in [3.63, 3.8) is 0 Å². The normalized spacial score (nSPS) is 11.4. The minimum absolute atomic E-state index is 0.213. The Balaban J connectivity index is 1.81. The predicted molar refractivity (Wildman–Crippen MR) is 97.2 cm³/mol. The molecule has 1 aromatic carbocycles. The molecule has 0 saturated carbocycles. The molecule has 2 N–H and O–H groups in total. The van der Waals surface area contributed by atoms with Crippen LogP contribution in [-0.2, 0) is 21.4 Å². The van der Waals surface area contributed by atoms with Crippen molar-refractivity contribution < 1.29 is 23.9 Å². The molecule has 0 aliphatic rings. The summed E-state index contributed by atoms with van der Waals surface area (Å²) in [6.07, 6.45) is 1.66. The summed E-state index contributed by atoms with van der Waals surface area (Å²) in [5.41, 5.74) is 0.500. The van der Waals surface area contributed by atoms with Crippen LogP contribution in [0.5, 0.6) is 0 Å². The van der Waals surface area contributed by atoms with Crippen LogP contribution in [0.25, 0.3) is 0 Å². The van der Waals surface area contributed by atoms with Crippen LogP contribution < -0.4 is 10.6 Å². The number of carbonyl (C=O) groups is 4. The number of aromatic nitrogens is 1. The van der Waals surface area contributed by atoms with Gasteiger partial charge < -0.3 is 14.6 Å². The summed E-state index contributed by atoms with van der Waals surface area (Å²) in [6.45, 7) is 0.755. The topological polar surface area (TPSA) is 106 Å². The minimum atomic E-state index is -1.01. The van der Waals surface area contributed by atoms with E-state index in [1.54, 1.807) is 48.1 Å². The molecule has 1 heterocycles. The molecule has 1 aromatic heterocycles. The number of hydrogen-bond donors (Lipinski definition) is 2. The van der Waals surface area contributed by atoms with E-state index in [0.717, 1.165) is 0 Å². The van der Waals surface area contributed by atoms with Gasteiger partial charge in [0.1, 0.15) is 11.7 Å². The number of ether oxygens (including phenoxy) is 1. The third-order valence-corrected chi connectivity index (χ3v) is 3.92. The van der Waals surface area contributed by atoms with E-state index in [2.05, 4.69) is 10.6 Å². The van der Waals surface area contributed by atoms with Gasteiger partial charge in [0, 0.05) is 13.2 Å². The second kappa shape index (κ2) is 9.00. The Morgan fingerprint density at radius 2 is 1.81 bits per heavy atom. The maximum Gasteiger partial charge on any atom is 0.328 e. The fourth-order valence-corrected chi connectivity index (χ4v) is 2.39. The van der Waals surface area contributed by atoms with E-state index in [0.29, 0.717) is 0 Å². The first-order valence-electron chi connectivity index (χ1n) is 7.97. The van der Waals surface area contributed by atoms with Gasteiger partial charge in [-0.2, -0.15) is 0 Å². The summed E-state index contributed by atoms with van der Waals surface area (Å²) in [6, 6.07) is 8.56. The highest BCUT2D eigenvalue weighted by atomic mass is 35.5. The van der Waals surface area contributed by atoms with Gasteiger partial charge in [0.05, 0.1) is 10.6 Å². The molecule has 0 aliphatic carbocycles. The lowest BCUT2D eigenvalue weighted by Gasteiger charge is -2.14. The Morgan fingerprint density at radius 3 is 2.44 bits per heavy atom. The number of amides is 3. The van der Waals surface area contributed by atoms with E-state index >= 15 is 0 Å². The van der Waals surface area contributed by atoms with Crippen molar-refractivity contribution in [1.82, 2.24) is 15.2 Å². The average molecular weight is 392 g/mol. The van der Waals surface area contributed by atoms with E-state index in [-0.39, 0.29) is 16.3 Å². The van der Waals surface area contributed by atoms with Crippen LogP contribution >= 0.6 is 11.6 Å². The van der Waals surface area contributed by atoms with Crippen molar-refractivity contribution in [2.24, 2.45) is 7.05 Å². The number of benzene rings is 1. The number of imide groups is 1. The molecule has 1 atom stereocenters. The van der Waals surface area contributed by atoms with Crippen LogP contribution in [0.2, 0.25) is 5.02 Å². The molecule has 1 unspecified atom stereocenters. The van der Waals surface area contributed by atoms with Gasteiger partial charge in [-0.25, -0.2) is 4.79 Å². The molecule has 0 spiro atoms. The van der Waals surface area contributed by atoms with Crippen molar-refractivity contribution in [2.75, 3.05) is 6.61 Å². The zero-order valence-corrected chi connectivity index (χ0v) is 15.4. The molecule has 9 heteroatoms. The predicted octanol–water partition coefficient (Wildman–Crippen LogP) is 1.30. The molecule has 2 rings (SSSR count). The van der Waals surface area contributed by atoms with Gasteiger partial charge in [-0.3, -0.25) is 19.7 Å². The fourth-order valence-electron chi connectivity index (χ4n) is 2.16. The van der Waals surface area contributed by atoms with Crippen LogP contribution in [0.1, 0.15) is 27.8 Å². The lowest BCUT2D eigenvalue weighted by Crippen LogP contribution is -2.41. The van der Waals surface area contributed by atoms with Crippen molar-refractivity contribution in [3.05, 3.63) is 58.9 Å². The molecule has 0 fully saturated rings. The molecule has 3 amide bonds. The van der Waals surface area contributed by atoms with Crippen LogP contribution in [-0.4, -0.2) is 40.9 Å². The monoisotopic (exact) mass is 391 g/mol. The highest BCUT2D eigenvalue weighted by Crippen LogP contribution is 2.14. The summed E-state index contributed by atoms with van der Waals surface area (Å²) >= 11 is 5.92. The van der Waals surface area contributed by atoms with Crippen molar-refractivity contribution >= 4 is 35.3 Å². The lowest BCUT2D eigenvalue weighted by molar-refractivity contribution is -0.149. The van der Waals surface area contributed by atoms with Gasteiger partial charge in [-0.05, 0) is 31.2 Å². The highest BCUT2D eigenvalue weighted by Gasteiger charge is 2.21. The maximum atomic E-state index is 12.1. The number of nitrogens with zero attached hydrogens (tertiary/aromatic N) is 1. The Bertz CT molecular complexity index is 877. The Kier molecular flexibility index (Phi) is 6.73. The molecular weight excluding hydrogens is 374 g/mol. The summed E-state index contributed by atoms with van der Waals surface area (Å²) in [5, 5.41) is 4.79. The molecule has 0 radical (unpaired) electrons. The second-order valence-electron chi connectivity index (χ2n) is 5.66. The van der Waals surface area contributed by atoms with Crippen LogP contribution in [0.4, 0.5) is 0 Å². The number of carbonyl (C=O) groups excluding carboxylic acids is 4. The number of nitrogens with one attached hydrogen (secondary N) is 2. The van der Waals surface area contributed by atoms with E-state index in [1.165, 1.54) is 13.0 Å². The Hall–Kier alpha value is -3.13. The lowest BCUT2D eigenvalue weighted by atomic mass is 10.2. The van der Waals surface area contributed by atoms with Gasteiger partial charge in [-0.1, -0.05) is 23.7 Å². The van der Waals surface area contributed by atoms with Gasteiger partial charge in [0.15, 0.2) is 6.61 Å². The highest BCUT2D eigenvalue weighted by molar-refractivity contribution is 6.33. The molecule has 0 aliphatic heterocycles. The first-order chi connectivity index (χ1) is 12.8. The Labute approximate surface area is 160 Å². The van der Waals surface area contributed by atoms with E-state index in [1.807, 2.05) is 0 Å². The summed E-state index contributed by atoms with van der Waals surface area (Å²) in [4.78, 5) is 47.7. The standard InChI is InChI=1S/C18H18ClN3O5/c1-11(20-16(24)12-6-3-4-7-13(12)19)18(26)27-10-15(23)21-17(25)14-8-5-9-22(14)2/h3-9,11H,10H2,1-2H3,(H,20,24)(H,21,23,25). The third-order valence-electron chi connectivity index (χ3n) is 3.59. The average Bonchev–Trinajstić information content (AvgIpc) is 3.06. The number of esters is 1. The van der Waals surface area contributed by atoms with Crippen LogP contribution in [0, 0.1) is 0 Å². The molecular formula is C18H18ClN3O5. The summed E-state index contributed by atoms with van der Waals surface area (Å²) < 4.78 is 6.37. The number of aryl methyl sites for hydroxylation is 1. The van der Waals surface area contributed by atoms with Gasteiger partial charge in [0.25, 0.3) is 17.7 Å². The molecule has 0 bridgehead atoms. The quantitative estimate of drug-likeness (QED) is 0.722. The third kappa shape index (κ3) is 5.42. The number of halogens is 1. The zero-order valence-electron chi connectivity index (χ0n) is 14.7. The zero-order chi connectivity index (χ0) is 20.0. The SMILES string of the molecule is CC(NC(=O)c1ccccc1Cl)C(=O)OCC(=O)NC(=O)c1cccn1C. The molecule has 142 valence electrons. The smallest absolute Gasteiger partial charge is 0.328 e. The first kappa shape index (κ1) is 20.2. The summed E-state index contributed by atoms with van der Waals surface area (Å²) in [5.74, 6) is -2.76. The van der Waals surface area contributed by atoms with E-state index in [4.69, 9.17) is 16.3 Å². The fraction of sp³-hybridized carbons (Fsp3) is 0.222. The molecule has 8 nitrogen and oxygen atoms in total. The minimum Gasteiger partial charge on any atom is -0.454 e. The largest absolute Gasteiger partial charge is 0.454 e. The first-order valence-corrected chi connectivity index (χ1v) is 8.35. The van der Waals surface area contributed by atoms with Crippen LogP contribution in [0.15, 0.2) is 42.6 Å². The maximum absolute atomic E-state index is 12.1. The van der Waals surface area contributed by atoms with E-state index in [9.17, 15) is 19.2 Å². The summed E-state index contributed by atoms with van der Waals surface area (Å²) in [7, 11) is 1.66. The van der Waals surface area contributed by atoms with Crippen molar-refractivity contribution in [1.29, 1.82) is 0 Å². The van der Waals surface area contributed by atoms with Crippen molar-refractivity contribution in [3.8, 4) is 0 Å². The molecule has 2 aromatic rings. The van der Waals surface area contributed by atoms with E-state index < -0.39 is 36.3 Å². The molecule has 0 saturated heterocycles. The van der Waals surface area contributed by atoms with Crippen molar-refractivity contribution in [2.45, 2.75) is 13.0 Å².